The lowest BCUT2D eigenvalue weighted by atomic mass is 9.92. The number of aromatic nitrogens is 3. The van der Waals surface area contributed by atoms with Gasteiger partial charge in [0.05, 0.1) is 0 Å². The standard InChI is InChI=1S/C15H24N4O/c1-4-13(20)14-16-17-15(19(14)8-10(2)3)18-9-11-6-5-7-12(11)18/h11-13,20H,2,4-9H2,1,3H3/t11?,12?,13-/m1/s1. The van der Waals surface area contributed by atoms with Crippen LogP contribution < -0.4 is 4.90 Å². The van der Waals surface area contributed by atoms with Gasteiger partial charge < -0.3 is 10.0 Å². The van der Waals surface area contributed by atoms with E-state index < -0.39 is 6.10 Å². The SMILES string of the molecule is C=C(C)Cn1c([C@H](O)CC)nnc1N1CC2CCCC21. The molecule has 1 saturated heterocycles. The fraction of sp³-hybridized carbons (Fsp3) is 0.733. The van der Waals surface area contributed by atoms with Crippen molar-refractivity contribution < 1.29 is 5.11 Å². The Morgan fingerprint density at radius 3 is 2.90 bits per heavy atom. The molecule has 1 aliphatic heterocycles. The molecule has 0 bridgehead atoms. The van der Waals surface area contributed by atoms with E-state index >= 15 is 0 Å². The van der Waals surface area contributed by atoms with E-state index in [0.29, 0.717) is 24.8 Å². The van der Waals surface area contributed by atoms with Gasteiger partial charge in [-0.15, -0.1) is 10.2 Å². The van der Waals surface area contributed by atoms with E-state index in [9.17, 15) is 5.11 Å². The normalized spacial score (nSPS) is 26.2. The summed E-state index contributed by atoms with van der Waals surface area (Å²) in [6, 6.07) is 0.634. The fourth-order valence-electron chi connectivity index (χ4n) is 3.49. The lowest BCUT2D eigenvalue weighted by molar-refractivity contribution is 0.159. The summed E-state index contributed by atoms with van der Waals surface area (Å²) in [4.78, 5) is 2.36. The average Bonchev–Trinajstić information content (AvgIpc) is 2.94. The van der Waals surface area contributed by atoms with Crippen LogP contribution in [0.1, 0.15) is 51.5 Å². The van der Waals surface area contributed by atoms with Crippen LogP contribution in [0.15, 0.2) is 12.2 Å². The summed E-state index contributed by atoms with van der Waals surface area (Å²) in [5.41, 5.74) is 1.05. The maximum absolute atomic E-state index is 10.1. The summed E-state index contributed by atoms with van der Waals surface area (Å²) in [6.45, 7) is 9.72. The summed E-state index contributed by atoms with van der Waals surface area (Å²) in [7, 11) is 0. The predicted octanol–water partition coefficient (Wildman–Crippen LogP) is 2.29. The molecule has 2 fully saturated rings. The Morgan fingerprint density at radius 2 is 2.25 bits per heavy atom. The molecule has 1 aliphatic carbocycles. The Kier molecular flexibility index (Phi) is 3.54. The average molecular weight is 276 g/mol. The highest BCUT2D eigenvalue weighted by molar-refractivity contribution is 5.40. The number of fused-ring (bicyclic) bond motifs is 1. The van der Waals surface area contributed by atoms with Crippen molar-refractivity contribution in [3.8, 4) is 0 Å². The summed E-state index contributed by atoms with van der Waals surface area (Å²) in [6.07, 6.45) is 4.04. The highest BCUT2D eigenvalue weighted by Gasteiger charge is 2.44. The molecule has 0 amide bonds. The molecule has 3 rings (SSSR count). The lowest BCUT2D eigenvalue weighted by Crippen LogP contribution is -2.54. The van der Waals surface area contributed by atoms with Crippen LogP contribution in [0.5, 0.6) is 0 Å². The third kappa shape index (κ3) is 2.14. The molecule has 1 saturated carbocycles. The second kappa shape index (κ2) is 5.20. The van der Waals surface area contributed by atoms with E-state index in [1.165, 1.54) is 19.3 Å². The Bertz CT molecular complexity index is 510. The van der Waals surface area contributed by atoms with Crippen LogP contribution in [-0.2, 0) is 6.54 Å². The van der Waals surface area contributed by atoms with Crippen molar-refractivity contribution in [3.63, 3.8) is 0 Å². The maximum atomic E-state index is 10.1. The van der Waals surface area contributed by atoms with E-state index in [0.717, 1.165) is 24.0 Å². The van der Waals surface area contributed by atoms with Crippen LogP contribution in [0.2, 0.25) is 0 Å². The molecule has 2 aliphatic rings. The first-order chi connectivity index (χ1) is 9.61. The number of hydrogen-bond donors (Lipinski definition) is 1. The molecule has 2 unspecified atom stereocenters. The largest absolute Gasteiger partial charge is 0.385 e. The van der Waals surface area contributed by atoms with Gasteiger partial charge in [0.15, 0.2) is 5.82 Å². The summed E-state index contributed by atoms with van der Waals surface area (Å²) in [5.74, 6) is 2.43. The molecule has 5 nitrogen and oxygen atoms in total. The number of anilines is 1. The second-order valence-corrected chi connectivity index (χ2v) is 6.24. The third-order valence-electron chi connectivity index (χ3n) is 4.58. The molecule has 1 N–H and O–H groups in total. The topological polar surface area (TPSA) is 54.2 Å². The van der Waals surface area contributed by atoms with Crippen molar-refractivity contribution in [1.82, 2.24) is 14.8 Å². The first-order valence-electron chi connectivity index (χ1n) is 7.64. The van der Waals surface area contributed by atoms with Gasteiger partial charge in [0, 0.05) is 19.1 Å². The minimum Gasteiger partial charge on any atom is -0.385 e. The second-order valence-electron chi connectivity index (χ2n) is 6.24. The van der Waals surface area contributed by atoms with Crippen molar-refractivity contribution in [1.29, 1.82) is 0 Å². The summed E-state index contributed by atoms with van der Waals surface area (Å²) >= 11 is 0. The van der Waals surface area contributed by atoms with Gasteiger partial charge in [0.2, 0.25) is 5.95 Å². The number of rotatable bonds is 5. The number of aliphatic hydroxyl groups is 1. The minimum atomic E-state index is -0.545. The monoisotopic (exact) mass is 276 g/mol. The first-order valence-corrected chi connectivity index (χ1v) is 7.64. The van der Waals surface area contributed by atoms with E-state index in [4.69, 9.17) is 0 Å². The van der Waals surface area contributed by atoms with Gasteiger partial charge in [-0.1, -0.05) is 25.5 Å². The highest BCUT2D eigenvalue weighted by atomic mass is 16.3. The van der Waals surface area contributed by atoms with Crippen molar-refractivity contribution in [3.05, 3.63) is 18.0 Å². The number of hydrogen-bond acceptors (Lipinski definition) is 4. The molecule has 5 heteroatoms. The Hall–Kier alpha value is -1.36. The van der Waals surface area contributed by atoms with Gasteiger partial charge in [-0.25, -0.2) is 0 Å². The molecular formula is C15H24N4O. The van der Waals surface area contributed by atoms with Crippen molar-refractivity contribution >= 4 is 5.95 Å². The molecule has 1 aromatic heterocycles. The van der Waals surface area contributed by atoms with Crippen LogP contribution in [0.25, 0.3) is 0 Å². The number of aliphatic hydroxyl groups excluding tert-OH is 1. The quantitative estimate of drug-likeness (QED) is 0.838. The lowest BCUT2D eigenvalue weighted by Gasteiger charge is -2.45. The molecule has 0 radical (unpaired) electrons. The Balaban J connectivity index is 1.90. The molecule has 0 aromatic carbocycles. The fourth-order valence-corrected chi connectivity index (χ4v) is 3.49. The number of nitrogens with zero attached hydrogens (tertiary/aromatic N) is 4. The van der Waals surface area contributed by atoms with Crippen LogP contribution in [0, 0.1) is 5.92 Å². The van der Waals surface area contributed by atoms with E-state index in [1.807, 2.05) is 18.4 Å². The van der Waals surface area contributed by atoms with Gasteiger partial charge in [-0.3, -0.25) is 4.57 Å². The van der Waals surface area contributed by atoms with Crippen LogP contribution in [-0.4, -0.2) is 32.5 Å². The van der Waals surface area contributed by atoms with Crippen LogP contribution in [0.3, 0.4) is 0 Å². The van der Waals surface area contributed by atoms with E-state index in [2.05, 4.69) is 21.7 Å². The zero-order valence-electron chi connectivity index (χ0n) is 12.4. The molecule has 20 heavy (non-hydrogen) atoms. The Labute approximate surface area is 120 Å². The predicted molar refractivity (Wildman–Crippen MR) is 78.6 cm³/mol. The zero-order valence-corrected chi connectivity index (χ0v) is 12.4. The minimum absolute atomic E-state index is 0.545. The molecule has 110 valence electrons. The Morgan fingerprint density at radius 1 is 1.45 bits per heavy atom. The third-order valence-corrected chi connectivity index (χ3v) is 4.58. The maximum Gasteiger partial charge on any atom is 0.227 e. The zero-order chi connectivity index (χ0) is 14.3. The van der Waals surface area contributed by atoms with Crippen molar-refractivity contribution in [2.24, 2.45) is 5.92 Å². The van der Waals surface area contributed by atoms with Crippen LogP contribution in [0.4, 0.5) is 5.95 Å². The summed E-state index contributed by atoms with van der Waals surface area (Å²) < 4.78 is 2.05. The highest BCUT2D eigenvalue weighted by Crippen LogP contribution is 2.41. The van der Waals surface area contributed by atoms with Crippen molar-refractivity contribution in [2.75, 3.05) is 11.4 Å². The molecule has 2 heterocycles. The van der Waals surface area contributed by atoms with Gasteiger partial charge in [-0.05, 0) is 32.1 Å². The smallest absolute Gasteiger partial charge is 0.227 e. The van der Waals surface area contributed by atoms with E-state index in [-0.39, 0.29) is 0 Å². The first kappa shape index (κ1) is 13.6. The van der Waals surface area contributed by atoms with Gasteiger partial charge in [-0.2, -0.15) is 0 Å². The van der Waals surface area contributed by atoms with E-state index in [1.54, 1.807) is 0 Å². The molecule has 1 aromatic rings. The number of allylic oxidation sites excluding steroid dienone is 1. The van der Waals surface area contributed by atoms with Gasteiger partial charge in [0.25, 0.3) is 0 Å². The van der Waals surface area contributed by atoms with Crippen LogP contribution >= 0.6 is 0 Å². The van der Waals surface area contributed by atoms with Crippen molar-refractivity contribution in [2.45, 2.75) is 58.2 Å². The molecular weight excluding hydrogens is 252 g/mol. The van der Waals surface area contributed by atoms with Gasteiger partial charge >= 0.3 is 0 Å². The molecule has 0 spiro atoms. The molecule has 3 atom stereocenters. The van der Waals surface area contributed by atoms with Gasteiger partial charge in [0.1, 0.15) is 6.10 Å². The summed E-state index contributed by atoms with van der Waals surface area (Å²) in [5, 5.41) is 18.7.